The van der Waals surface area contributed by atoms with E-state index in [4.69, 9.17) is 13.9 Å². The van der Waals surface area contributed by atoms with Gasteiger partial charge in [0.25, 0.3) is 0 Å². The molecule has 0 aliphatic heterocycles. The van der Waals surface area contributed by atoms with Crippen LogP contribution < -0.4 is 10.1 Å². The molecule has 0 bridgehead atoms. The second-order valence-electron chi connectivity index (χ2n) is 6.42. The molecule has 26 heavy (non-hydrogen) atoms. The van der Waals surface area contributed by atoms with Crippen LogP contribution in [-0.2, 0) is 11.3 Å². The van der Waals surface area contributed by atoms with Crippen LogP contribution >= 0.6 is 31.9 Å². The molecule has 3 rings (SSSR count). The number of hydrogen-bond donors (Lipinski definition) is 1. The van der Waals surface area contributed by atoms with Crippen molar-refractivity contribution in [2.45, 2.75) is 51.6 Å². The van der Waals surface area contributed by atoms with Crippen molar-refractivity contribution in [3.63, 3.8) is 0 Å². The van der Waals surface area contributed by atoms with Crippen LogP contribution in [-0.4, -0.2) is 25.7 Å². The number of carbonyl (C=O) groups excluding carboxylic acids is 1. The van der Waals surface area contributed by atoms with Crippen LogP contribution in [0.3, 0.4) is 0 Å². The highest BCUT2D eigenvalue weighted by atomic mass is 79.9. The summed E-state index contributed by atoms with van der Waals surface area (Å²) in [6.45, 7) is 2.61. The molecule has 0 amide bonds. The van der Waals surface area contributed by atoms with Gasteiger partial charge in [-0.2, -0.15) is 0 Å². The third-order valence-electron chi connectivity index (χ3n) is 4.74. The molecule has 1 aliphatic carbocycles. The maximum atomic E-state index is 12.6. The molecule has 142 valence electrons. The lowest BCUT2D eigenvalue weighted by Gasteiger charge is -2.22. The van der Waals surface area contributed by atoms with Crippen molar-refractivity contribution in [2.75, 3.05) is 13.7 Å². The number of methoxy groups -OCH3 is 1. The fourth-order valence-electron chi connectivity index (χ4n) is 3.49. The number of hydrogen-bond acceptors (Lipinski definition) is 5. The fraction of sp³-hybridized carbons (Fsp3) is 0.526. The summed E-state index contributed by atoms with van der Waals surface area (Å²) in [4.78, 5) is 12.6. The Bertz CT molecular complexity index is 797. The summed E-state index contributed by atoms with van der Waals surface area (Å²) in [6, 6.07) is 2.29. The molecule has 1 aromatic carbocycles. The molecule has 0 saturated heterocycles. The standard InChI is InChI=1S/C19H23Br2NO4/c1-3-25-19(23)16-14(10-22-11-7-5-4-6-8-11)26-13-9-12(20)18(24-2)17(21)15(13)16/h9,11,22H,3-8,10H2,1-2H3. The van der Waals surface area contributed by atoms with E-state index in [1.807, 2.05) is 6.07 Å². The molecule has 1 aliphatic rings. The third kappa shape index (κ3) is 3.94. The number of fused-ring (bicyclic) bond motifs is 1. The van der Waals surface area contributed by atoms with Crippen LogP contribution in [0.4, 0.5) is 0 Å². The molecule has 1 aromatic heterocycles. The molecule has 0 atom stereocenters. The Morgan fingerprint density at radius 3 is 2.69 bits per heavy atom. The molecule has 0 spiro atoms. The van der Waals surface area contributed by atoms with Gasteiger partial charge in [-0.05, 0) is 57.7 Å². The van der Waals surface area contributed by atoms with Crippen molar-refractivity contribution in [3.05, 3.63) is 26.3 Å². The molecule has 0 unspecified atom stereocenters. The predicted molar refractivity (Wildman–Crippen MR) is 108 cm³/mol. The van der Waals surface area contributed by atoms with Crippen molar-refractivity contribution in [1.29, 1.82) is 0 Å². The van der Waals surface area contributed by atoms with Crippen molar-refractivity contribution < 1.29 is 18.7 Å². The van der Waals surface area contributed by atoms with Crippen LogP contribution in [0.5, 0.6) is 5.75 Å². The van der Waals surface area contributed by atoms with E-state index in [1.54, 1.807) is 14.0 Å². The summed E-state index contributed by atoms with van der Waals surface area (Å²) < 4.78 is 18.2. The number of esters is 1. The van der Waals surface area contributed by atoms with Gasteiger partial charge in [0.2, 0.25) is 0 Å². The van der Waals surface area contributed by atoms with Crippen LogP contribution in [0, 0.1) is 0 Å². The normalized spacial score (nSPS) is 15.4. The molecule has 1 fully saturated rings. The predicted octanol–water partition coefficient (Wildman–Crippen LogP) is 5.57. The lowest BCUT2D eigenvalue weighted by Crippen LogP contribution is -2.30. The quantitative estimate of drug-likeness (QED) is 0.539. The molecule has 5 nitrogen and oxygen atoms in total. The van der Waals surface area contributed by atoms with Gasteiger partial charge in [-0.15, -0.1) is 0 Å². The monoisotopic (exact) mass is 487 g/mol. The van der Waals surface area contributed by atoms with Crippen molar-refractivity contribution >= 4 is 48.8 Å². The van der Waals surface area contributed by atoms with E-state index >= 15 is 0 Å². The summed E-state index contributed by atoms with van der Waals surface area (Å²) in [5, 5.41) is 4.22. The Morgan fingerprint density at radius 1 is 1.31 bits per heavy atom. The molecule has 1 saturated carbocycles. The SMILES string of the molecule is CCOC(=O)c1c(CNC2CCCCC2)oc2cc(Br)c(OC)c(Br)c12. The third-order valence-corrected chi connectivity index (χ3v) is 6.09. The number of benzene rings is 1. The van der Waals surface area contributed by atoms with Crippen LogP contribution in [0.1, 0.15) is 55.1 Å². The first-order chi connectivity index (χ1) is 12.6. The first kappa shape index (κ1) is 19.7. The van der Waals surface area contributed by atoms with E-state index in [9.17, 15) is 4.79 Å². The van der Waals surface area contributed by atoms with Gasteiger partial charge >= 0.3 is 5.97 Å². The average molecular weight is 489 g/mol. The van der Waals surface area contributed by atoms with Crippen LogP contribution in [0.15, 0.2) is 19.4 Å². The topological polar surface area (TPSA) is 60.7 Å². The number of halogens is 2. The number of rotatable bonds is 6. The Balaban J connectivity index is 2.01. The maximum absolute atomic E-state index is 12.6. The fourth-order valence-corrected chi connectivity index (χ4v) is 5.09. The maximum Gasteiger partial charge on any atom is 0.342 e. The molecular weight excluding hydrogens is 466 g/mol. The van der Waals surface area contributed by atoms with Crippen molar-refractivity contribution in [1.82, 2.24) is 5.32 Å². The van der Waals surface area contributed by atoms with Crippen molar-refractivity contribution in [3.8, 4) is 5.75 Å². The number of furan rings is 1. The summed E-state index contributed by atoms with van der Waals surface area (Å²) in [6.07, 6.45) is 6.13. The van der Waals surface area contributed by atoms with Gasteiger partial charge in [0.1, 0.15) is 22.7 Å². The number of nitrogens with one attached hydrogen (secondary N) is 1. The largest absolute Gasteiger partial charge is 0.494 e. The Labute approximate surface area is 170 Å². The van der Waals surface area contributed by atoms with Gasteiger partial charge in [0, 0.05) is 6.04 Å². The van der Waals surface area contributed by atoms with Crippen molar-refractivity contribution in [2.24, 2.45) is 0 Å². The zero-order chi connectivity index (χ0) is 18.7. The van der Waals surface area contributed by atoms with Gasteiger partial charge in [-0.3, -0.25) is 0 Å². The van der Waals surface area contributed by atoms with E-state index in [0.717, 1.165) is 17.3 Å². The van der Waals surface area contributed by atoms with Crippen LogP contribution in [0.2, 0.25) is 0 Å². The second kappa shape index (κ2) is 8.76. The Morgan fingerprint density at radius 2 is 2.04 bits per heavy atom. The molecule has 7 heteroatoms. The minimum Gasteiger partial charge on any atom is -0.494 e. The first-order valence-corrected chi connectivity index (χ1v) is 10.5. The highest BCUT2D eigenvalue weighted by molar-refractivity contribution is 9.11. The number of ether oxygens (including phenoxy) is 2. The van der Waals surface area contributed by atoms with Gasteiger partial charge < -0.3 is 19.2 Å². The van der Waals surface area contributed by atoms with Gasteiger partial charge in [0.15, 0.2) is 0 Å². The van der Waals surface area contributed by atoms with E-state index in [1.165, 1.54) is 19.3 Å². The lowest BCUT2D eigenvalue weighted by molar-refractivity contribution is 0.0525. The Hall–Kier alpha value is -1.05. The van der Waals surface area contributed by atoms with E-state index in [2.05, 4.69) is 37.2 Å². The van der Waals surface area contributed by atoms with E-state index < -0.39 is 0 Å². The zero-order valence-corrected chi connectivity index (χ0v) is 18.2. The second-order valence-corrected chi connectivity index (χ2v) is 8.06. The average Bonchev–Trinajstić information content (AvgIpc) is 3.00. The minimum atomic E-state index is -0.378. The highest BCUT2D eigenvalue weighted by Gasteiger charge is 2.27. The van der Waals surface area contributed by atoms with Gasteiger partial charge in [0.05, 0.1) is 34.6 Å². The number of carbonyl (C=O) groups is 1. The molecular formula is C19H23Br2NO4. The molecule has 1 heterocycles. The smallest absolute Gasteiger partial charge is 0.342 e. The highest BCUT2D eigenvalue weighted by Crippen LogP contribution is 2.43. The molecule has 2 aromatic rings. The van der Waals surface area contributed by atoms with E-state index in [-0.39, 0.29) is 5.97 Å². The zero-order valence-electron chi connectivity index (χ0n) is 15.0. The first-order valence-electron chi connectivity index (χ1n) is 8.94. The van der Waals surface area contributed by atoms with Gasteiger partial charge in [-0.25, -0.2) is 4.79 Å². The van der Waals surface area contributed by atoms with E-state index in [0.29, 0.717) is 51.7 Å². The van der Waals surface area contributed by atoms with Gasteiger partial charge in [-0.1, -0.05) is 19.3 Å². The summed E-state index contributed by atoms with van der Waals surface area (Å²) in [7, 11) is 1.59. The lowest BCUT2D eigenvalue weighted by atomic mass is 9.95. The van der Waals surface area contributed by atoms with Crippen LogP contribution in [0.25, 0.3) is 11.0 Å². The minimum absolute atomic E-state index is 0.312. The Kier molecular flexibility index (Phi) is 6.64. The summed E-state index contributed by atoms with van der Waals surface area (Å²) in [5.41, 5.74) is 1.08. The molecule has 0 radical (unpaired) electrons. The summed E-state index contributed by atoms with van der Waals surface area (Å²) in [5.74, 6) is 0.845. The summed E-state index contributed by atoms with van der Waals surface area (Å²) >= 11 is 7.05. The molecule has 1 N–H and O–H groups in total.